The summed E-state index contributed by atoms with van der Waals surface area (Å²) < 4.78 is 18.8. The summed E-state index contributed by atoms with van der Waals surface area (Å²) in [4.78, 5) is 12.4. The first kappa shape index (κ1) is 14.8. The van der Waals surface area contributed by atoms with E-state index in [1.807, 2.05) is 0 Å². The Hall–Kier alpha value is -2.61. The van der Waals surface area contributed by atoms with Crippen LogP contribution in [0, 0.1) is 5.82 Å². The molecule has 0 spiro atoms. The lowest BCUT2D eigenvalue weighted by atomic mass is 10.2. The average Bonchev–Trinajstić information content (AvgIpc) is 2.97. The summed E-state index contributed by atoms with van der Waals surface area (Å²) in [6, 6.07) is 5.40. The van der Waals surface area contributed by atoms with Crippen LogP contribution in [0.3, 0.4) is 0 Å². The molecule has 0 aliphatic heterocycles. The van der Waals surface area contributed by atoms with Crippen LogP contribution in [-0.2, 0) is 0 Å². The van der Waals surface area contributed by atoms with Crippen LogP contribution in [0.15, 0.2) is 34.8 Å². The van der Waals surface area contributed by atoms with Crippen LogP contribution in [0.25, 0.3) is 0 Å². The van der Waals surface area contributed by atoms with E-state index in [-0.39, 0.29) is 17.1 Å². The molecule has 0 atom stereocenters. The monoisotopic (exact) mass is 309 g/mol. The normalized spacial score (nSPS) is 11.2. The second kappa shape index (κ2) is 6.23. The van der Waals surface area contributed by atoms with Crippen molar-refractivity contribution in [2.24, 2.45) is 10.9 Å². The van der Waals surface area contributed by atoms with Crippen molar-refractivity contribution in [1.29, 1.82) is 0 Å². The number of benzene rings is 1. The van der Waals surface area contributed by atoms with Gasteiger partial charge in [-0.05, 0) is 18.2 Å². The maximum Gasteiger partial charge on any atom is 0.265 e. The van der Waals surface area contributed by atoms with E-state index in [0.717, 1.165) is 6.07 Å². The molecule has 0 saturated carbocycles. The van der Waals surface area contributed by atoms with Gasteiger partial charge in [-0.2, -0.15) is 0 Å². The molecule has 0 saturated heterocycles. The van der Waals surface area contributed by atoms with E-state index in [1.54, 1.807) is 11.4 Å². The van der Waals surface area contributed by atoms with Crippen molar-refractivity contribution in [3.63, 3.8) is 0 Å². The van der Waals surface area contributed by atoms with E-state index in [1.165, 1.54) is 30.6 Å². The molecule has 6 nitrogen and oxygen atoms in total. The maximum atomic E-state index is 13.9. The minimum atomic E-state index is -0.684. The third kappa shape index (κ3) is 3.29. The Kier molecular flexibility index (Phi) is 4.39. The summed E-state index contributed by atoms with van der Waals surface area (Å²) in [7, 11) is 1.50. The van der Waals surface area contributed by atoms with Gasteiger partial charge in [-0.1, -0.05) is 5.16 Å². The molecule has 1 aromatic heterocycles. The van der Waals surface area contributed by atoms with Crippen LogP contribution in [0.1, 0.15) is 15.2 Å². The number of anilines is 1. The van der Waals surface area contributed by atoms with Crippen LogP contribution in [0.2, 0.25) is 0 Å². The van der Waals surface area contributed by atoms with Crippen LogP contribution in [-0.4, -0.2) is 24.1 Å². The number of methoxy groups -OCH3 is 1. The molecule has 0 bridgehead atoms. The van der Waals surface area contributed by atoms with Crippen molar-refractivity contribution >= 4 is 28.8 Å². The van der Waals surface area contributed by atoms with Gasteiger partial charge in [0.1, 0.15) is 11.6 Å². The van der Waals surface area contributed by atoms with Crippen LogP contribution < -0.4 is 15.8 Å². The zero-order valence-electron chi connectivity index (χ0n) is 11.0. The molecular formula is C13H12FN3O3S. The Morgan fingerprint density at radius 1 is 1.48 bits per heavy atom. The number of rotatable bonds is 4. The molecule has 2 rings (SSSR count). The lowest BCUT2D eigenvalue weighted by Crippen LogP contribution is -2.15. The Bertz CT molecular complexity index is 700. The molecule has 1 aromatic carbocycles. The van der Waals surface area contributed by atoms with Gasteiger partial charge in [0, 0.05) is 17.0 Å². The van der Waals surface area contributed by atoms with Crippen molar-refractivity contribution in [1.82, 2.24) is 0 Å². The van der Waals surface area contributed by atoms with E-state index >= 15 is 0 Å². The Labute approximate surface area is 123 Å². The number of carbonyl (C=O) groups is 1. The third-order valence-electron chi connectivity index (χ3n) is 2.66. The van der Waals surface area contributed by atoms with Crippen molar-refractivity contribution in [2.75, 3.05) is 12.4 Å². The van der Waals surface area contributed by atoms with E-state index in [0.29, 0.717) is 10.6 Å². The van der Waals surface area contributed by atoms with Gasteiger partial charge in [0.25, 0.3) is 5.91 Å². The molecule has 2 aromatic rings. The number of amides is 1. The zero-order valence-corrected chi connectivity index (χ0v) is 11.8. The first-order valence-electron chi connectivity index (χ1n) is 5.76. The van der Waals surface area contributed by atoms with Crippen molar-refractivity contribution in [3.8, 4) is 5.75 Å². The van der Waals surface area contributed by atoms with Gasteiger partial charge in [0.05, 0.1) is 17.7 Å². The number of nitrogens with two attached hydrogens (primary N) is 1. The van der Waals surface area contributed by atoms with E-state index in [4.69, 9.17) is 15.7 Å². The number of thiophene rings is 1. The molecule has 1 amide bonds. The van der Waals surface area contributed by atoms with Gasteiger partial charge in [-0.15, -0.1) is 11.3 Å². The summed E-state index contributed by atoms with van der Waals surface area (Å²) in [5, 5.41) is 15.4. The summed E-state index contributed by atoms with van der Waals surface area (Å²) >= 11 is 1.19. The van der Waals surface area contributed by atoms with Gasteiger partial charge in [0.2, 0.25) is 0 Å². The van der Waals surface area contributed by atoms with Gasteiger partial charge < -0.3 is 21.0 Å². The minimum absolute atomic E-state index is 0.00172. The Morgan fingerprint density at radius 3 is 2.81 bits per heavy atom. The second-order valence-electron chi connectivity index (χ2n) is 3.98. The molecule has 0 aliphatic rings. The first-order valence-corrected chi connectivity index (χ1v) is 6.64. The van der Waals surface area contributed by atoms with Crippen molar-refractivity contribution < 1.29 is 19.1 Å². The van der Waals surface area contributed by atoms with Gasteiger partial charge in [-0.25, -0.2) is 4.39 Å². The topological polar surface area (TPSA) is 96.9 Å². The number of amidine groups is 1. The van der Waals surface area contributed by atoms with Crippen LogP contribution in [0.5, 0.6) is 5.75 Å². The summed E-state index contributed by atoms with van der Waals surface area (Å²) in [5.41, 5.74) is 5.57. The summed E-state index contributed by atoms with van der Waals surface area (Å²) in [6.45, 7) is 0. The van der Waals surface area contributed by atoms with Gasteiger partial charge in [-0.3, -0.25) is 4.79 Å². The summed E-state index contributed by atoms with van der Waals surface area (Å²) in [5.74, 6) is -0.780. The van der Waals surface area contributed by atoms with E-state index in [9.17, 15) is 9.18 Å². The molecule has 1 heterocycles. The van der Waals surface area contributed by atoms with Crippen molar-refractivity contribution in [2.45, 2.75) is 0 Å². The molecule has 0 aliphatic carbocycles. The molecule has 110 valence electrons. The fraction of sp³-hybridized carbons (Fsp3) is 0.0769. The largest absolute Gasteiger partial charge is 0.496 e. The molecule has 21 heavy (non-hydrogen) atoms. The molecule has 0 radical (unpaired) electrons. The highest BCUT2D eigenvalue weighted by molar-refractivity contribution is 7.12. The highest BCUT2D eigenvalue weighted by atomic mass is 32.1. The molecule has 0 unspecified atom stereocenters. The summed E-state index contributed by atoms with van der Waals surface area (Å²) in [6.07, 6.45) is 0. The fourth-order valence-electron chi connectivity index (χ4n) is 1.56. The second-order valence-corrected chi connectivity index (χ2v) is 4.90. The number of carbonyl (C=O) groups excluding carboxylic acids is 1. The Balaban J connectivity index is 2.18. The number of hydrogen-bond acceptors (Lipinski definition) is 5. The first-order chi connectivity index (χ1) is 10.0. The predicted octanol–water partition coefficient (Wildman–Crippen LogP) is 2.24. The fourth-order valence-corrected chi connectivity index (χ4v) is 2.31. The standard InChI is InChI=1S/C13H12FN3O3S/c1-20-8-5-11(21-6-8)13(18)16-10-3-2-7(4-9(10)14)12(15)17-19/h2-6,19H,1H3,(H2,15,17)(H,16,18). The molecular weight excluding hydrogens is 297 g/mol. The highest BCUT2D eigenvalue weighted by Gasteiger charge is 2.13. The predicted molar refractivity (Wildman–Crippen MR) is 77.7 cm³/mol. The van der Waals surface area contributed by atoms with Gasteiger partial charge in [0.15, 0.2) is 5.84 Å². The lowest BCUT2D eigenvalue weighted by Gasteiger charge is -2.06. The number of halogens is 1. The number of nitrogens with one attached hydrogen (secondary N) is 1. The van der Waals surface area contributed by atoms with Gasteiger partial charge >= 0.3 is 0 Å². The zero-order chi connectivity index (χ0) is 15.4. The van der Waals surface area contributed by atoms with E-state index < -0.39 is 11.7 Å². The quantitative estimate of drug-likeness (QED) is 0.349. The van der Waals surface area contributed by atoms with Crippen molar-refractivity contribution in [3.05, 3.63) is 45.9 Å². The maximum absolute atomic E-state index is 13.9. The molecule has 8 heteroatoms. The Morgan fingerprint density at radius 2 is 2.24 bits per heavy atom. The average molecular weight is 309 g/mol. The highest BCUT2D eigenvalue weighted by Crippen LogP contribution is 2.23. The number of hydrogen-bond donors (Lipinski definition) is 3. The molecule has 4 N–H and O–H groups in total. The number of ether oxygens (including phenoxy) is 1. The lowest BCUT2D eigenvalue weighted by molar-refractivity contribution is 0.103. The van der Waals surface area contributed by atoms with E-state index in [2.05, 4.69) is 10.5 Å². The third-order valence-corrected chi connectivity index (χ3v) is 3.56. The minimum Gasteiger partial charge on any atom is -0.496 e. The van der Waals surface area contributed by atoms with Crippen LogP contribution in [0.4, 0.5) is 10.1 Å². The number of nitrogens with zero attached hydrogens (tertiary/aromatic N) is 1. The number of oxime groups is 1. The molecule has 0 fully saturated rings. The SMILES string of the molecule is COc1csc(C(=O)Nc2ccc(/C(N)=N/O)cc2F)c1. The van der Waals surface area contributed by atoms with Crippen LogP contribution >= 0.6 is 11.3 Å². The smallest absolute Gasteiger partial charge is 0.265 e.